The number of nitro groups is 1. The topological polar surface area (TPSA) is 82.3 Å². The van der Waals surface area contributed by atoms with Gasteiger partial charge in [0.1, 0.15) is 5.52 Å². The highest BCUT2D eigenvalue weighted by molar-refractivity contribution is 6.42. The quantitative estimate of drug-likeness (QED) is 0.190. The minimum atomic E-state index is -0.734. The number of ether oxygens (including phenoxy) is 1. The Morgan fingerprint density at radius 1 is 1.19 bits per heavy atom. The number of hydrogen-bond acceptors (Lipinski definition) is 5. The van der Waals surface area contributed by atoms with Gasteiger partial charge in [0.15, 0.2) is 0 Å². The molecule has 0 atom stereocenters. The summed E-state index contributed by atoms with van der Waals surface area (Å²) < 4.78 is 5.34. The Balaban J connectivity index is 1.97. The molecule has 1 heterocycles. The van der Waals surface area contributed by atoms with Crippen molar-refractivity contribution in [3.63, 3.8) is 0 Å². The molecule has 1 aromatic heterocycles. The van der Waals surface area contributed by atoms with Gasteiger partial charge in [-0.15, -0.1) is 0 Å². The van der Waals surface area contributed by atoms with Gasteiger partial charge >= 0.3 is 11.7 Å². The predicted octanol–water partition coefficient (Wildman–Crippen LogP) is 5.46. The van der Waals surface area contributed by atoms with E-state index >= 15 is 0 Å². The number of aromatic nitrogens is 1. The predicted molar refractivity (Wildman–Crippen MR) is 104 cm³/mol. The molecule has 0 unspecified atom stereocenters. The minimum absolute atomic E-state index is 0.190. The number of benzene rings is 2. The van der Waals surface area contributed by atoms with Gasteiger partial charge < -0.3 is 4.74 Å². The number of fused-ring (bicyclic) bond motifs is 1. The van der Waals surface area contributed by atoms with Gasteiger partial charge in [0.25, 0.3) is 0 Å². The van der Waals surface area contributed by atoms with E-state index in [0.717, 1.165) is 0 Å². The lowest BCUT2D eigenvalue weighted by atomic mass is 10.1. The van der Waals surface area contributed by atoms with Crippen LogP contribution in [0.15, 0.2) is 54.2 Å². The second-order valence-corrected chi connectivity index (χ2v) is 6.45. The molecule has 0 aliphatic heterocycles. The summed E-state index contributed by atoms with van der Waals surface area (Å²) in [7, 11) is 0. The first kappa shape index (κ1) is 18.8. The zero-order valence-electron chi connectivity index (χ0n) is 14.0. The lowest BCUT2D eigenvalue weighted by molar-refractivity contribution is -0.385. The zero-order valence-corrected chi connectivity index (χ0v) is 15.5. The van der Waals surface area contributed by atoms with Crippen molar-refractivity contribution in [2.45, 2.75) is 6.92 Å². The Bertz CT molecular complexity index is 1100. The number of nitro benzene ring substituents is 1. The molecular formula is C19H12Cl2N2O4. The minimum Gasteiger partial charge on any atom is -0.413 e. The molecule has 3 rings (SSSR count). The number of carbonyl (C=O) groups excluding carboxylic acids is 1. The Hall–Kier alpha value is -2.96. The molecule has 0 saturated heterocycles. The average molecular weight is 403 g/mol. The number of hydrogen-bond donors (Lipinski definition) is 0. The standard InChI is InChI=1S/C19H12Cl2N2O4/c1-11(9-12-4-6-14(20)15(21)10-12)19(24)27-18-16(23(25)26)7-5-13-3-2-8-22-17(13)18/h2-10H,1H3/b11-9+. The summed E-state index contributed by atoms with van der Waals surface area (Å²) in [4.78, 5) is 27.3. The molecule has 0 radical (unpaired) electrons. The Morgan fingerprint density at radius 3 is 2.67 bits per heavy atom. The highest BCUT2D eigenvalue weighted by atomic mass is 35.5. The van der Waals surface area contributed by atoms with Crippen LogP contribution in [-0.2, 0) is 4.79 Å². The first-order valence-corrected chi connectivity index (χ1v) is 8.50. The third kappa shape index (κ3) is 4.07. The fourth-order valence-corrected chi connectivity index (χ4v) is 2.74. The summed E-state index contributed by atoms with van der Waals surface area (Å²) in [6, 6.07) is 11.1. The Labute approximate surface area is 164 Å². The highest BCUT2D eigenvalue weighted by Crippen LogP contribution is 2.34. The van der Waals surface area contributed by atoms with E-state index < -0.39 is 10.9 Å². The second kappa shape index (κ2) is 7.73. The molecule has 0 aliphatic carbocycles. The molecule has 3 aromatic rings. The molecule has 0 fully saturated rings. The number of pyridine rings is 1. The van der Waals surface area contributed by atoms with Crippen molar-refractivity contribution in [1.82, 2.24) is 4.98 Å². The van der Waals surface area contributed by atoms with Crippen LogP contribution < -0.4 is 4.74 Å². The number of halogens is 2. The third-order valence-corrected chi connectivity index (χ3v) is 4.49. The van der Waals surface area contributed by atoms with Gasteiger partial charge in [0.05, 0.1) is 15.0 Å². The van der Waals surface area contributed by atoms with Crippen molar-refractivity contribution in [2.75, 3.05) is 0 Å². The van der Waals surface area contributed by atoms with Gasteiger partial charge in [0.2, 0.25) is 5.75 Å². The fourth-order valence-electron chi connectivity index (χ4n) is 2.44. The summed E-state index contributed by atoms with van der Waals surface area (Å²) in [5.74, 6) is -0.924. The summed E-state index contributed by atoms with van der Waals surface area (Å²) >= 11 is 11.8. The monoisotopic (exact) mass is 402 g/mol. The number of rotatable bonds is 4. The van der Waals surface area contributed by atoms with Crippen molar-refractivity contribution in [2.24, 2.45) is 0 Å². The maximum Gasteiger partial charge on any atom is 0.339 e. The molecule has 0 bridgehead atoms. The van der Waals surface area contributed by atoms with E-state index in [2.05, 4.69) is 4.98 Å². The second-order valence-electron chi connectivity index (χ2n) is 5.64. The van der Waals surface area contributed by atoms with Crippen molar-refractivity contribution < 1.29 is 14.5 Å². The van der Waals surface area contributed by atoms with Crippen molar-refractivity contribution in [1.29, 1.82) is 0 Å². The van der Waals surface area contributed by atoms with Crippen LogP contribution in [-0.4, -0.2) is 15.9 Å². The smallest absolute Gasteiger partial charge is 0.339 e. The molecule has 136 valence electrons. The zero-order chi connectivity index (χ0) is 19.6. The highest BCUT2D eigenvalue weighted by Gasteiger charge is 2.22. The first-order chi connectivity index (χ1) is 12.9. The summed E-state index contributed by atoms with van der Waals surface area (Å²) in [5.41, 5.74) is 0.777. The van der Waals surface area contributed by atoms with E-state index in [1.54, 1.807) is 42.5 Å². The molecule has 6 nitrogen and oxygen atoms in total. The molecule has 0 aliphatic rings. The third-order valence-electron chi connectivity index (χ3n) is 3.75. The van der Waals surface area contributed by atoms with Gasteiger partial charge in [-0.2, -0.15) is 0 Å². The molecule has 0 amide bonds. The molecule has 0 spiro atoms. The van der Waals surface area contributed by atoms with Crippen LogP contribution >= 0.6 is 23.2 Å². The van der Waals surface area contributed by atoms with Gasteiger partial charge in [-0.05, 0) is 42.8 Å². The van der Waals surface area contributed by atoms with Crippen LogP contribution in [0.4, 0.5) is 5.69 Å². The van der Waals surface area contributed by atoms with Crippen LogP contribution in [0.5, 0.6) is 5.75 Å². The van der Waals surface area contributed by atoms with Crippen molar-refractivity contribution >= 4 is 51.8 Å². The maximum absolute atomic E-state index is 12.5. The van der Waals surface area contributed by atoms with Crippen LogP contribution in [0.2, 0.25) is 10.0 Å². The lowest BCUT2D eigenvalue weighted by Crippen LogP contribution is -2.11. The Kier molecular flexibility index (Phi) is 5.39. The van der Waals surface area contributed by atoms with Crippen LogP contribution in [0.3, 0.4) is 0 Å². The van der Waals surface area contributed by atoms with E-state index in [9.17, 15) is 14.9 Å². The summed E-state index contributed by atoms with van der Waals surface area (Å²) in [6.45, 7) is 1.54. The van der Waals surface area contributed by atoms with Crippen LogP contribution in [0.1, 0.15) is 12.5 Å². The van der Waals surface area contributed by atoms with E-state index in [0.29, 0.717) is 21.0 Å². The molecule has 8 heteroatoms. The van der Waals surface area contributed by atoms with Gasteiger partial charge in [-0.1, -0.05) is 35.3 Å². The maximum atomic E-state index is 12.5. The molecule has 2 aromatic carbocycles. The number of carbonyl (C=O) groups is 1. The fraction of sp³-hybridized carbons (Fsp3) is 0.0526. The van der Waals surface area contributed by atoms with Crippen LogP contribution in [0, 0.1) is 10.1 Å². The van der Waals surface area contributed by atoms with Crippen molar-refractivity contribution in [3.05, 3.63) is 80.0 Å². The van der Waals surface area contributed by atoms with Crippen LogP contribution in [0.25, 0.3) is 17.0 Å². The lowest BCUT2D eigenvalue weighted by Gasteiger charge is -2.08. The number of esters is 1. The molecule has 0 saturated carbocycles. The largest absolute Gasteiger partial charge is 0.413 e. The average Bonchev–Trinajstić information content (AvgIpc) is 2.64. The first-order valence-electron chi connectivity index (χ1n) is 7.74. The normalized spacial score (nSPS) is 11.4. The summed E-state index contributed by atoms with van der Waals surface area (Å²) in [6.07, 6.45) is 3.02. The molecular weight excluding hydrogens is 391 g/mol. The van der Waals surface area contributed by atoms with E-state index in [4.69, 9.17) is 27.9 Å². The van der Waals surface area contributed by atoms with E-state index in [-0.39, 0.29) is 22.5 Å². The Morgan fingerprint density at radius 2 is 1.96 bits per heavy atom. The summed E-state index contributed by atoms with van der Waals surface area (Å²) in [5, 5.41) is 12.7. The number of nitrogens with zero attached hydrogens (tertiary/aromatic N) is 2. The molecule has 0 N–H and O–H groups in total. The molecule has 27 heavy (non-hydrogen) atoms. The van der Waals surface area contributed by atoms with E-state index in [1.807, 2.05) is 0 Å². The van der Waals surface area contributed by atoms with Gasteiger partial charge in [0, 0.05) is 23.2 Å². The van der Waals surface area contributed by atoms with Gasteiger partial charge in [-0.25, -0.2) is 4.79 Å². The van der Waals surface area contributed by atoms with Gasteiger partial charge in [-0.3, -0.25) is 15.1 Å². The SMILES string of the molecule is C/C(=C\c1ccc(Cl)c(Cl)c1)C(=O)Oc1c([N+](=O)[O-])ccc2cccnc12. The van der Waals surface area contributed by atoms with Crippen molar-refractivity contribution in [3.8, 4) is 5.75 Å². The van der Waals surface area contributed by atoms with E-state index in [1.165, 1.54) is 19.2 Å².